The second-order valence-corrected chi connectivity index (χ2v) is 5.84. The van der Waals surface area contributed by atoms with Gasteiger partial charge in [-0.2, -0.15) is 0 Å². The average molecular weight is 316 g/mol. The number of amides is 2. The van der Waals surface area contributed by atoms with Gasteiger partial charge in [0.1, 0.15) is 12.4 Å². The molecule has 23 heavy (non-hydrogen) atoms. The van der Waals surface area contributed by atoms with Gasteiger partial charge in [0.2, 0.25) is 0 Å². The van der Waals surface area contributed by atoms with Crippen LogP contribution in [0.2, 0.25) is 0 Å². The van der Waals surface area contributed by atoms with Gasteiger partial charge in [-0.1, -0.05) is 26.0 Å². The number of hydrogen-bond donors (Lipinski definition) is 2. The molecule has 0 aliphatic carbocycles. The van der Waals surface area contributed by atoms with Crippen molar-refractivity contribution in [3.05, 3.63) is 54.0 Å². The third-order valence-electron chi connectivity index (χ3n) is 3.29. The molecule has 2 aromatic rings. The standard InChI is InChI=1S/C18H24N2O3/c1-14(2)8-9-19-18(21)20-16-6-3-5-15(11-16)12-22-13-17-7-4-10-23-17/h3-7,10-11,14H,8-9,12-13H2,1-2H3,(H2,19,20,21). The Bertz CT molecular complexity index is 594. The molecule has 0 bridgehead atoms. The summed E-state index contributed by atoms with van der Waals surface area (Å²) in [6.45, 7) is 5.83. The zero-order chi connectivity index (χ0) is 16.5. The maximum absolute atomic E-state index is 11.8. The SMILES string of the molecule is CC(C)CCNC(=O)Nc1cccc(COCc2ccco2)c1. The van der Waals surface area contributed by atoms with Gasteiger partial charge in [0.25, 0.3) is 0 Å². The summed E-state index contributed by atoms with van der Waals surface area (Å²) in [7, 11) is 0. The van der Waals surface area contributed by atoms with Crippen molar-refractivity contribution in [2.75, 3.05) is 11.9 Å². The van der Waals surface area contributed by atoms with E-state index in [-0.39, 0.29) is 6.03 Å². The molecular weight excluding hydrogens is 292 g/mol. The smallest absolute Gasteiger partial charge is 0.319 e. The van der Waals surface area contributed by atoms with E-state index >= 15 is 0 Å². The summed E-state index contributed by atoms with van der Waals surface area (Å²) in [6, 6.07) is 11.2. The summed E-state index contributed by atoms with van der Waals surface area (Å²) in [5, 5.41) is 5.69. The Morgan fingerprint density at radius 3 is 2.83 bits per heavy atom. The number of rotatable bonds is 8. The lowest BCUT2D eigenvalue weighted by atomic mass is 10.1. The van der Waals surface area contributed by atoms with Crippen LogP contribution in [-0.4, -0.2) is 12.6 Å². The molecular formula is C18H24N2O3. The van der Waals surface area contributed by atoms with Crippen LogP contribution in [0.25, 0.3) is 0 Å². The van der Waals surface area contributed by atoms with E-state index in [1.54, 1.807) is 6.26 Å². The molecule has 0 aliphatic heterocycles. The number of carbonyl (C=O) groups excluding carboxylic acids is 1. The highest BCUT2D eigenvalue weighted by atomic mass is 16.5. The molecule has 0 aliphatic rings. The number of carbonyl (C=O) groups is 1. The summed E-state index contributed by atoms with van der Waals surface area (Å²) >= 11 is 0. The molecule has 0 atom stereocenters. The van der Waals surface area contributed by atoms with Gasteiger partial charge in [0.15, 0.2) is 0 Å². The normalized spacial score (nSPS) is 10.7. The van der Waals surface area contributed by atoms with Crippen LogP contribution in [-0.2, 0) is 18.0 Å². The molecule has 1 aromatic carbocycles. The van der Waals surface area contributed by atoms with Gasteiger partial charge >= 0.3 is 6.03 Å². The van der Waals surface area contributed by atoms with E-state index < -0.39 is 0 Å². The molecule has 0 spiro atoms. The Labute approximate surface area is 137 Å². The second kappa shape index (κ2) is 9.00. The van der Waals surface area contributed by atoms with Crippen molar-refractivity contribution >= 4 is 11.7 Å². The number of furan rings is 1. The first kappa shape index (κ1) is 17.1. The van der Waals surface area contributed by atoms with Crippen LogP contribution in [0.1, 0.15) is 31.6 Å². The van der Waals surface area contributed by atoms with Gasteiger partial charge in [0.05, 0.1) is 12.9 Å². The average Bonchev–Trinajstić information content (AvgIpc) is 3.00. The Hall–Kier alpha value is -2.27. The first-order valence-corrected chi connectivity index (χ1v) is 7.87. The highest BCUT2D eigenvalue weighted by Gasteiger charge is 2.03. The molecule has 0 saturated heterocycles. The zero-order valence-electron chi connectivity index (χ0n) is 13.7. The van der Waals surface area contributed by atoms with E-state index in [0.717, 1.165) is 23.4 Å². The maximum atomic E-state index is 11.8. The van der Waals surface area contributed by atoms with Crippen molar-refractivity contribution in [3.63, 3.8) is 0 Å². The fraction of sp³-hybridized carbons (Fsp3) is 0.389. The van der Waals surface area contributed by atoms with Gasteiger partial charge in [-0.05, 0) is 42.2 Å². The summed E-state index contributed by atoms with van der Waals surface area (Å²) in [4.78, 5) is 11.8. The minimum atomic E-state index is -0.181. The summed E-state index contributed by atoms with van der Waals surface area (Å²) in [5.41, 5.74) is 1.75. The first-order chi connectivity index (χ1) is 11.1. The molecule has 1 aromatic heterocycles. The van der Waals surface area contributed by atoms with Crippen molar-refractivity contribution in [2.24, 2.45) is 5.92 Å². The van der Waals surface area contributed by atoms with Gasteiger partial charge in [-0.25, -0.2) is 4.79 Å². The minimum Gasteiger partial charge on any atom is -0.467 e. The lowest BCUT2D eigenvalue weighted by molar-refractivity contribution is 0.0930. The van der Waals surface area contributed by atoms with E-state index in [9.17, 15) is 4.79 Å². The topological polar surface area (TPSA) is 63.5 Å². The number of ether oxygens (including phenoxy) is 1. The number of hydrogen-bond acceptors (Lipinski definition) is 3. The third kappa shape index (κ3) is 6.57. The number of anilines is 1. The lowest BCUT2D eigenvalue weighted by Gasteiger charge is -2.10. The molecule has 2 N–H and O–H groups in total. The molecule has 0 fully saturated rings. The highest BCUT2D eigenvalue weighted by Crippen LogP contribution is 2.12. The lowest BCUT2D eigenvalue weighted by Crippen LogP contribution is -2.30. The number of benzene rings is 1. The Morgan fingerprint density at radius 2 is 2.09 bits per heavy atom. The fourth-order valence-electron chi connectivity index (χ4n) is 2.05. The first-order valence-electron chi connectivity index (χ1n) is 7.87. The monoisotopic (exact) mass is 316 g/mol. The zero-order valence-corrected chi connectivity index (χ0v) is 13.7. The van der Waals surface area contributed by atoms with Crippen molar-refractivity contribution in [2.45, 2.75) is 33.5 Å². The predicted octanol–water partition coefficient (Wildman–Crippen LogP) is 4.16. The van der Waals surface area contributed by atoms with Gasteiger partial charge < -0.3 is 19.8 Å². The van der Waals surface area contributed by atoms with Crippen LogP contribution >= 0.6 is 0 Å². The molecule has 124 valence electrons. The van der Waals surface area contributed by atoms with E-state index in [1.807, 2.05) is 36.4 Å². The molecule has 2 amide bonds. The second-order valence-electron chi connectivity index (χ2n) is 5.84. The molecule has 2 rings (SSSR count). The molecule has 0 unspecified atom stereocenters. The van der Waals surface area contributed by atoms with Crippen molar-refractivity contribution in [1.82, 2.24) is 5.32 Å². The minimum absolute atomic E-state index is 0.181. The van der Waals surface area contributed by atoms with E-state index in [2.05, 4.69) is 24.5 Å². The number of urea groups is 1. The van der Waals surface area contributed by atoms with E-state index in [0.29, 0.717) is 25.7 Å². The number of nitrogens with one attached hydrogen (secondary N) is 2. The van der Waals surface area contributed by atoms with Crippen LogP contribution in [0.5, 0.6) is 0 Å². The largest absolute Gasteiger partial charge is 0.467 e. The van der Waals surface area contributed by atoms with Gasteiger partial charge in [-0.15, -0.1) is 0 Å². The van der Waals surface area contributed by atoms with Crippen LogP contribution < -0.4 is 10.6 Å². The quantitative estimate of drug-likeness (QED) is 0.768. The van der Waals surface area contributed by atoms with Crippen molar-refractivity contribution in [3.8, 4) is 0 Å². The van der Waals surface area contributed by atoms with Crippen molar-refractivity contribution in [1.29, 1.82) is 0 Å². The van der Waals surface area contributed by atoms with Gasteiger partial charge in [0, 0.05) is 12.2 Å². The van der Waals surface area contributed by atoms with Crippen molar-refractivity contribution < 1.29 is 13.9 Å². The Balaban J connectivity index is 1.76. The molecule has 1 heterocycles. The summed E-state index contributed by atoms with van der Waals surface area (Å²) < 4.78 is 10.8. The molecule has 5 heteroatoms. The van der Waals surface area contributed by atoms with E-state index in [1.165, 1.54) is 0 Å². The van der Waals surface area contributed by atoms with Crippen LogP contribution in [0, 0.1) is 5.92 Å². The highest BCUT2D eigenvalue weighted by molar-refractivity contribution is 5.89. The Kier molecular flexibility index (Phi) is 6.69. The maximum Gasteiger partial charge on any atom is 0.319 e. The van der Waals surface area contributed by atoms with E-state index in [4.69, 9.17) is 9.15 Å². The Morgan fingerprint density at radius 1 is 1.22 bits per heavy atom. The van der Waals surface area contributed by atoms with Crippen LogP contribution in [0.15, 0.2) is 47.1 Å². The third-order valence-corrected chi connectivity index (χ3v) is 3.29. The molecule has 5 nitrogen and oxygen atoms in total. The molecule has 0 radical (unpaired) electrons. The summed E-state index contributed by atoms with van der Waals surface area (Å²) in [5.74, 6) is 1.37. The molecule has 0 saturated carbocycles. The fourth-order valence-corrected chi connectivity index (χ4v) is 2.05. The van der Waals surface area contributed by atoms with Crippen LogP contribution in [0.4, 0.5) is 10.5 Å². The van der Waals surface area contributed by atoms with Gasteiger partial charge in [-0.3, -0.25) is 0 Å². The summed E-state index contributed by atoms with van der Waals surface area (Å²) in [6.07, 6.45) is 2.59. The van der Waals surface area contributed by atoms with Crippen LogP contribution in [0.3, 0.4) is 0 Å². The predicted molar refractivity (Wildman–Crippen MR) is 90.1 cm³/mol.